The van der Waals surface area contributed by atoms with Crippen molar-refractivity contribution in [3.8, 4) is 0 Å². The van der Waals surface area contributed by atoms with Gasteiger partial charge in [-0.05, 0) is 30.9 Å². The Morgan fingerprint density at radius 2 is 1.94 bits per heavy atom. The van der Waals surface area contributed by atoms with Crippen LogP contribution in [-0.4, -0.2) is 17.1 Å². The molecule has 1 aromatic rings. The van der Waals surface area contributed by atoms with Crippen LogP contribution in [0.1, 0.15) is 49.4 Å². The molecule has 0 saturated heterocycles. The predicted molar refractivity (Wildman–Crippen MR) is 73.1 cm³/mol. The molecule has 0 amide bonds. The molecule has 1 saturated carbocycles. The fourth-order valence-electron chi connectivity index (χ4n) is 2.70. The van der Waals surface area contributed by atoms with Gasteiger partial charge in [0.2, 0.25) is 0 Å². The molecule has 2 unspecified atom stereocenters. The first-order chi connectivity index (χ1) is 8.68. The molecule has 0 bridgehead atoms. The van der Waals surface area contributed by atoms with Gasteiger partial charge in [-0.3, -0.25) is 0 Å². The number of carbonyl (C=O) groups is 1. The van der Waals surface area contributed by atoms with Crippen LogP contribution >= 0.6 is 0 Å². The summed E-state index contributed by atoms with van der Waals surface area (Å²) in [5.41, 5.74) is 1.12. The minimum Gasteiger partial charge on any atom is -0.478 e. The van der Waals surface area contributed by atoms with Gasteiger partial charge in [-0.2, -0.15) is 0 Å². The minimum atomic E-state index is -0.862. The van der Waals surface area contributed by atoms with Gasteiger partial charge < -0.3 is 10.4 Å². The smallest absolute Gasteiger partial charge is 0.337 e. The third-order valence-corrected chi connectivity index (χ3v) is 3.86. The van der Waals surface area contributed by atoms with Crippen molar-refractivity contribution in [3.63, 3.8) is 0 Å². The number of carboxylic acids is 1. The molecule has 2 N–H and O–H groups in total. The molecule has 3 heteroatoms. The highest BCUT2D eigenvalue weighted by Crippen LogP contribution is 2.27. The van der Waals surface area contributed by atoms with Crippen LogP contribution in [-0.2, 0) is 0 Å². The van der Waals surface area contributed by atoms with E-state index in [1.165, 1.54) is 25.7 Å². The maximum atomic E-state index is 11.2. The number of nitrogens with one attached hydrogen (secondary N) is 1. The number of aromatic carboxylic acids is 1. The molecule has 98 valence electrons. The van der Waals surface area contributed by atoms with Crippen LogP contribution in [0.15, 0.2) is 24.3 Å². The second-order valence-corrected chi connectivity index (χ2v) is 5.22. The van der Waals surface area contributed by atoms with Crippen LogP contribution in [0.4, 0.5) is 5.69 Å². The molecule has 18 heavy (non-hydrogen) atoms. The quantitative estimate of drug-likeness (QED) is 0.799. The Morgan fingerprint density at radius 3 is 2.72 bits per heavy atom. The Kier molecular flexibility index (Phi) is 4.24. The summed E-state index contributed by atoms with van der Waals surface area (Å²) in [4.78, 5) is 11.2. The number of benzene rings is 1. The van der Waals surface area contributed by atoms with E-state index < -0.39 is 5.97 Å². The molecule has 3 nitrogen and oxygen atoms in total. The molecular formula is C15H21NO2. The SMILES string of the molecule is CC1CCCCCC1Nc1ccccc1C(=O)O. The first-order valence-electron chi connectivity index (χ1n) is 6.77. The van der Waals surface area contributed by atoms with Crippen molar-refractivity contribution in [2.75, 3.05) is 5.32 Å². The zero-order valence-corrected chi connectivity index (χ0v) is 10.9. The second kappa shape index (κ2) is 5.89. The van der Waals surface area contributed by atoms with Crippen molar-refractivity contribution in [1.82, 2.24) is 0 Å². The summed E-state index contributed by atoms with van der Waals surface area (Å²) in [5.74, 6) is -0.256. The first kappa shape index (κ1) is 12.9. The highest BCUT2D eigenvalue weighted by Gasteiger charge is 2.21. The van der Waals surface area contributed by atoms with Gasteiger partial charge in [0.15, 0.2) is 0 Å². The minimum absolute atomic E-state index is 0.369. The van der Waals surface area contributed by atoms with E-state index in [2.05, 4.69) is 12.2 Å². The lowest BCUT2D eigenvalue weighted by atomic mass is 9.96. The summed E-state index contributed by atoms with van der Waals surface area (Å²) >= 11 is 0. The fraction of sp³-hybridized carbons (Fsp3) is 0.533. The van der Waals surface area contributed by atoms with Crippen LogP contribution in [0.3, 0.4) is 0 Å². The summed E-state index contributed by atoms with van der Waals surface area (Å²) in [6.45, 7) is 2.26. The van der Waals surface area contributed by atoms with Crippen molar-refractivity contribution in [2.24, 2.45) is 5.92 Å². The maximum absolute atomic E-state index is 11.2. The molecule has 2 atom stereocenters. The summed E-state index contributed by atoms with van der Waals surface area (Å²) in [5, 5.41) is 12.6. The largest absolute Gasteiger partial charge is 0.478 e. The van der Waals surface area contributed by atoms with Gasteiger partial charge in [-0.25, -0.2) is 4.79 Å². The Morgan fingerprint density at radius 1 is 1.22 bits per heavy atom. The summed E-state index contributed by atoms with van der Waals surface area (Å²) in [6, 6.07) is 7.57. The highest BCUT2D eigenvalue weighted by molar-refractivity contribution is 5.94. The highest BCUT2D eigenvalue weighted by atomic mass is 16.4. The van der Waals surface area contributed by atoms with E-state index in [1.807, 2.05) is 12.1 Å². The standard InChI is InChI=1S/C15H21NO2/c1-11-7-3-2-4-9-13(11)16-14-10-6-5-8-12(14)15(17)18/h5-6,8,10-11,13,16H,2-4,7,9H2,1H3,(H,17,18). The van der Waals surface area contributed by atoms with Gasteiger partial charge in [0.25, 0.3) is 0 Å². The van der Waals surface area contributed by atoms with Gasteiger partial charge in [0.05, 0.1) is 5.56 Å². The second-order valence-electron chi connectivity index (χ2n) is 5.22. The Labute approximate surface area is 108 Å². The fourth-order valence-corrected chi connectivity index (χ4v) is 2.70. The van der Waals surface area contributed by atoms with E-state index in [9.17, 15) is 9.90 Å². The van der Waals surface area contributed by atoms with E-state index in [0.29, 0.717) is 17.5 Å². The third-order valence-electron chi connectivity index (χ3n) is 3.86. The number of carboxylic acid groups (broad SMARTS) is 1. The van der Waals surface area contributed by atoms with Crippen LogP contribution in [0.2, 0.25) is 0 Å². The lowest BCUT2D eigenvalue weighted by Crippen LogP contribution is -2.27. The monoisotopic (exact) mass is 247 g/mol. The van der Waals surface area contributed by atoms with Gasteiger partial charge in [0, 0.05) is 11.7 Å². The molecule has 1 aromatic carbocycles. The average molecular weight is 247 g/mol. The molecule has 2 rings (SSSR count). The zero-order chi connectivity index (χ0) is 13.0. The van der Waals surface area contributed by atoms with Crippen molar-refractivity contribution in [1.29, 1.82) is 0 Å². The summed E-state index contributed by atoms with van der Waals surface area (Å²) in [6.07, 6.45) is 6.18. The molecule has 1 aliphatic rings. The van der Waals surface area contributed by atoms with Crippen LogP contribution in [0, 0.1) is 5.92 Å². The summed E-state index contributed by atoms with van der Waals surface area (Å²) < 4.78 is 0. The number of para-hydroxylation sites is 1. The van der Waals surface area contributed by atoms with E-state index in [-0.39, 0.29) is 0 Å². The molecular weight excluding hydrogens is 226 g/mol. The molecule has 0 heterocycles. The van der Waals surface area contributed by atoms with Gasteiger partial charge in [-0.1, -0.05) is 38.3 Å². The maximum Gasteiger partial charge on any atom is 0.337 e. The van der Waals surface area contributed by atoms with Crippen molar-refractivity contribution in [2.45, 2.75) is 45.1 Å². The predicted octanol–water partition coefficient (Wildman–Crippen LogP) is 3.77. The van der Waals surface area contributed by atoms with Crippen LogP contribution in [0.25, 0.3) is 0 Å². The molecule has 1 aliphatic carbocycles. The van der Waals surface area contributed by atoms with E-state index in [4.69, 9.17) is 0 Å². The van der Waals surface area contributed by atoms with Crippen molar-refractivity contribution >= 4 is 11.7 Å². The summed E-state index contributed by atoms with van der Waals surface area (Å²) in [7, 11) is 0. The molecule has 0 aromatic heterocycles. The van der Waals surface area contributed by atoms with E-state index >= 15 is 0 Å². The first-order valence-corrected chi connectivity index (χ1v) is 6.77. The van der Waals surface area contributed by atoms with Crippen LogP contribution in [0.5, 0.6) is 0 Å². The van der Waals surface area contributed by atoms with Gasteiger partial charge in [-0.15, -0.1) is 0 Å². The van der Waals surface area contributed by atoms with Gasteiger partial charge >= 0.3 is 5.97 Å². The zero-order valence-electron chi connectivity index (χ0n) is 10.9. The Hall–Kier alpha value is -1.51. The Balaban J connectivity index is 2.14. The lowest BCUT2D eigenvalue weighted by molar-refractivity contribution is 0.0698. The lowest BCUT2D eigenvalue weighted by Gasteiger charge is -2.24. The average Bonchev–Trinajstić information content (AvgIpc) is 2.55. The topological polar surface area (TPSA) is 49.3 Å². The van der Waals surface area contributed by atoms with E-state index in [0.717, 1.165) is 12.1 Å². The van der Waals surface area contributed by atoms with Crippen molar-refractivity contribution in [3.05, 3.63) is 29.8 Å². The van der Waals surface area contributed by atoms with E-state index in [1.54, 1.807) is 12.1 Å². The molecule has 0 spiro atoms. The normalized spacial score (nSPS) is 24.3. The van der Waals surface area contributed by atoms with Crippen LogP contribution < -0.4 is 5.32 Å². The molecule has 0 radical (unpaired) electrons. The van der Waals surface area contributed by atoms with Gasteiger partial charge in [0.1, 0.15) is 0 Å². The number of anilines is 1. The number of rotatable bonds is 3. The van der Waals surface area contributed by atoms with Crippen molar-refractivity contribution < 1.29 is 9.90 Å². The third kappa shape index (κ3) is 3.03. The Bertz CT molecular complexity index is 417. The molecule has 0 aliphatic heterocycles. The number of hydrogen-bond acceptors (Lipinski definition) is 2. The number of hydrogen-bond donors (Lipinski definition) is 2. The molecule has 1 fully saturated rings.